The zero-order chi connectivity index (χ0) is 16.5. The highest BCUT2D eigenvalue weighted by molar-refractivity contribution is 9.10. The number of halogens is 1. The summed E-state index contributed by atoms with van der Waals surface area (Å²) in [6, 6.07) is 15.0. The van der Waals surface area contributed by atoms with E-state index < -0.39 is 0 Å². The summed E-state index contributed by atoms with van der Waals surface area (Å²) in [5.74, 6) is 1.44. The fourth-order valence-electron chi connectivity index (χ4n) is 1.87. The van der Waals surface area contributed by atoms with Crippen LogP contribution in [0.5, 0.6) is 11.5 Å². The van der Waals surface area contributed by atoms with E-state index in [-0.39, 0.29) is 12.5 Å². The second-order valence-corrected chi connectivity index (χ2v) is 5.65. The molecule has 0 bridgehead atoms. The number of benzene rings is 2. The zero-order valence-corrected chi connectivity index (χ0v) is 14.4. The summed E-state index contributed by atoms with van der Waals surface area (Å²) in [4.78, 5) is 11.7. The fourth-order valence-corrected chi connectivity index (χ4v) is 2.27. The van der Waals surface area contributed by atoms with Crippen molar-refractivity contribution in [3.63, 3.8) is 0 Å². The van der Waals surface area contributed by atoms with Gasteiger partial charge in [-0.1, -0.05) is 22.0 Å². The minimum absolute atomic E-state index is 0.0803. The van der Waals surface area contributed by atoms with E-state index in [2.05, 4.69) is 26.6 Å². The summed E-state index contributed by atoms with van der Waals surface area (Å²) in [6.45, 7) is 1.08. The summed E-state index contributed by atoms with van der Waals surface area (Å²) in [5.41, 5.74) is 0.893. The maximum Gasteiger partial charge on any atom is 0.239 e. The number of hydrogen-bond acceptors (Lipinski definition) is 4. The second kappa shape index (κ2) is 9.05. The Morgan fingerprint density at radius 2 is 1.87 bits per heavy atom. The molecule has 1 amide bonds. The van der Waals surface area contributed by atoms with E-state index in [1.165, 1.54) is 0 Å². The molecule has 0 saturated carbocycles. The highest BCUT2D eigenvalue weighted by atomic mass is 79.9. The van der Waals surface area contributed by atoms with Gasteiger partial charge in [-0.25, -0.2) is 0 Å². The third kappa shape index (κ3) is 6.20. The molecular weight excluding hydrogens is 360 g/mol. The fraction of sp³-hybridized carbons (Fsp3) is 0.235. The molecule has 0 aliphatic rings. The number of carbonyl (C=O) groups excluding carboxylic acids is 1. The van der Waals surface area contributed by atoms with Gasteiger partial charge in [-0.15, -0.1) is 0 Å². The van der Waals surface area contributed by atoms with Gasteiger partial charge in [0.1, 0.15) is 18.1 Å². The molecule has 2 aromatic carbocycles. The summed E-state index contributed by atoms with van der Waals surface area (Å²) in [7, 11) is 1.62. The van der Waals surface area contributed by atoms with Crippen LogP contribution in [0.4, 0.5) is 5.69 Å². The molecule has 2 aromatic rings. The van der Waals surface area contributed by atoms with Crippen molar-refractivity contribution in [1.82, 2.24) is 5.32 Å². The zero-order valence-electron chi connectivity index (χ0n) is 12.8. The lowest BCUT2D eigenvalue weighted by molar-refractivity contribution is -0.119. The monoisotopic (exact) mass is 378 g/mol. The van der Waals surface area contributed by atoms with Crippen molar-refractivity contribution in [2.45, 2.75) is 0 Å². The molecule has 6 heteroatoms. The van der Waals surface area contributed by atoms with E-state index >= 15 is 0 Å². The number of rotatable bonds is 8. The topological polar surface area (TPSA) is 59.6 Å². The van der Waals surface area contributed by atoms with Crippen molar-refractivity contribution in [2.75, 3.05) is 32.1 Å². The minimum Gasteiger partial charge on any atom is -0.497 e. The van der Waals surface area contributed by atoms with Gasteiger partial charge in [0.15, 0.2) is 0 Å². The van der Waals surface area contributed by atoms with Gasteiger partial charge in [-0.05, 0) is 42.5 Å². The van der Waals surface area contributed by atoms with E-state index in [0.717, 1.165) is 21.7 Å². The number of anilines is 1. The average Bonchev–Trinajstić information content (AvgIpc) is 2.57. The molecule has 2 rings (SSSR count). The molecule has 0 radical (unpaired) electrons. The molecule has 0 unspecified atom stereocenters. The highest BCUT2D eigenvalue weighted by Crippen LogP contribution is 2.17. The van der Waals surface area contributed by atoms with Crippen LogP contribution in [0.1, 0.15) is 0 Å². The predicted octanol–water partition coefficient (Wildman–Crippen LogP) is 3.06. The van der Waals surface area contributed by atoms with Crippen molar-refractivity contribution >= 4 is 27.5 Å². The van der Waals surface area contributed by atoms with Gasteiger partial charge in [-0.3, -0.25) is 4.79 Å². The predicted molar refractivity (Wildman–Crippen MR) is 94.1 cm³/mol. The Labute approximate surface area is 144 Å². The second-order valence-electron chi connectivity index (χ2n) is 4.74. The van der Waals surface area contributed by atoms with Gasteiger partial charge in [0, 0.05) is 10.2 Å². The number of hydrogen-bond donors (Lipinski definition) is 2. The van der Waals surface area contributed by atoms with Crippen LogP contribution in [0.25, 0.3) is 0 Å². The maximum atomic E-state index is 11.7. The molecule has 0 atom stereocenters. The number of ether oxygens (including phenoxy) is 2. The van der Waals surface area contributed by atoms with Crippen molar-refractivity contribution < 1.29 is 14.3 Å². The van der Waals surface area contributed by atoms with Crippen LogP contribution < -0.4 is 20.1 Å². The van der Waals surface area contributed by atoms with E-state index in [9.17, 15) is 4.79 Å². The molecule has 122 valence electrons. The van der Waals surface area contributed by atoms with E-state index in [1.54, 1.807) is 7.11 Å². The van der Waals surface area contributed by atoms with Crippen molar-refractivity contribution in [3.05, 3.63) is 53.0 Å². The molecule has 23 heavy (non-hydrogen) atoms. The summed E-state index contributed by atoms with van der Waals surface area (Å²) in [6.07, 6.45) is 0. The van der Waals surface area contributed by atoms with Crippen LogP contribution in [-0.2, 0) is 4.79 Å². The lowest BCUT2D eigenvalue weighted by atomic mass is 10.3. The third-order valence-electron chi connectivity index (χ3n) is 3.03. The maximum absolute atomic E-state index is 11.7. The molecule has 0 aliphatic heterocycles. The summed E-state index contributed by atoms with van der Waals surface area (Å²) < 4.78 is 11.6. The van der Waals surface area contributed by atoms with Crippen LogP contribution in [0, 0.1) is 0 Å². The molecular formula is C17H19BrN2O3. The normalized spacial score (nSPS) is 10.0. The Morgan fingerprint density at radius 3 is 2.57 bits per heavy atom. The van der Waals surface area contributed by atoms with E-state index in [4.69, 9.17) is 9.47 Å². The largest absolute Gasteiger partial charge is 0.497 e. The number of amides is 1. The Morgan fingerprint density at radius 1 is 1.13 bits per heavy atom. The highest BCUT2D eigenvalue weighted by Gasteiger charge is 2.01. The van der Waals surface area contributed by atoms with Crippen molar-refractivity contribution in [1.29, 1.82) is 0 Å². The number of methoxy groups -OCH3 is 1. The summed E-state index contributed by atoms with van der Waals surface area (Å²) >= 11 is 3.39. The van der Waals surface area contributed by atoms with Gasteiger partial charge in [0.05, 0.1) is 20.2 Å². The Balaban J connectivity index is 1.62. The van der Waals surface area contributed by atoms with Gasteiger partial charge in [0.2, 0.25) is 5.91 Å². The summed E-state index contributed by atoms with van der Waals surface area (Å²) in [5, 5.41) is 5.86. The van der Waals surface area contributed by atoms with Crippen molar-refractivity contribution in [3.8, 4) is 11.5 Å². The SMILES string of the molecule is COc1ccc(OCCNC(=O)CNc2cccc(Br)c2)cc1. The van der Waals surface area contributed by atoms with Crippen LogP contribution in [-0.4, -0.2) is 32.7 Å². The molecule has 0 saturated heterocycles. The van der Waals surface area contributed by atoms with Crippen LogP contribution in [0.2, 0.25) is 0 Å². The molecule has 0 spiro atoms. The van der Waals surface area contributed by atoms with Crippen LogP contribution in [0.3, 0.4) is 0 Å². The first-order valence-corrected chi connectivity index (χ1v) is 7.99. The van der Waals surface area contributed by atoms with Crippen LogP contribution in [0.15, 0.2) is 53.0 Å². The lowest BCUT2D eigenvalue weighted by Gasteiger charge is -2.09. The quantitative estimate of drug-likeness (QED) is 0.693. The van der Waals surface area contributed by atoms with E-state index in [0.29, 0.717) is 13.2 Å². The first kappa shape index (κ1) is 17.1. The molecule has 0 heterocycles. The Bertz CT molecular complexity index is 632. The first-order chi connectivity index (χ1) is 11.2. The Kier molecular flexibility index (Phi) is 6.75. The molecule has 0 aliphatic carbocycles. The first-order valence-electron chi connectivity index (χ1n) is 7.20. The van der Waals surface area contributed by atoms with Crippen LogP contribution >= 0.6 is 15.9 Å². The molecule has 0 aromatic heterocycles. The van der Waals surface area contributed by atoms with Gasteiger partial charge >= 0.3 is 0 Å². The number of nitrogens with one attached hydrogen (secondary N) is 2. The van der Waals surface area contributed by atoms with Gasteiger partial charge in [-0.2, -0.15) is 0 Å². The average molecular weight is 379 g/mol. The molecule has 5 nitrogen and oxygen atoms in total. The van der Waals surface area contributed by atoms with Gasteiger partial charge < -0.3 is 20.1 Å². The standard InChI is InChI=1S/C17H19BrN2O3/c1-22-15-5-7-16(8-6-15)23-10-9-19-17(21)12-20-14-4-2-3-13(18)11-14/h2-8,11,20H,9-10,12H2,1H3,(H,19,21). The molecule has 2 N–H and O–H groups in total. The smallest absolute Gasteiger partial charge is 0.239 e. The molecule has 0 fully saturated rings. The van der Waals surface area contributed by atoms with Crippen molar-refractivity contribution in [2.24, 2.45) is 0 Å². The lowest BCUT2D eigenvalue weighted by Crippen LogP contribution is -2.32. The number of carbonyl (C=O) groups is 1. The van der Waals surface area contributed by atoms with E-state index in [1.807, 2.05) is 48.5 Å². The van der Waals surface area contributed by atoms with Gasteiger partial charge in [0.25, 0.3) is 0 Å². The Hall–Kier alpha value is -2.21. The minimum atomic E-state index is -0.0803. The third-order valence-corrected chi connectivity index (χ3v) is 3.52.